The van der Waals surface area contributed by atoms with Crippen LogP contribution >= 0.6 is 124 Å². The Kier molecular flexibility index (Phi) is 56.7. The number of H-pyrrole nitrogens is 2. The number of nitrogens with zero attached hydrogens (tertiary/aromatic N) is 14. The third-order valence-corrected chi connectivity index (χ3v) is 32.6. The van der Waals surface area contributed by atoms with Gasteiger partial charge in [0.05, 0.1) is 0 Å². The number of nitrogens with two attached hydrogens (primary N) is 4. The van der Waals surface area contributed by atoms with Gasteiger partial charge in [0.2, 0.25) is 0 Å². The Morgan fingerprint density at radius 2 is 0.518 bits per heavy atom. The molecule has 656 valence electrons. The van der Waals surface area contributed by atoms with Gasteiger partial charge in [-0.25, -0.2) is 9.36 Å². The van der Waals surface area contributed by atoms with Crippen molar-refractivity contribution in [3.8, 4) is 0 Å². The number of tetrazole rings is 4. The Morgan fingerprint density at radius 3 is 0.696 bits per heavy atom. The average Bonchev–Trinajstić information content (AvgIpc) is 1.88. The molecule has 0 amide bonds. The molecule has 0 saturated heterocycles. The number of aromatic nitrogens is 16. The van der Waals surface area contributed by atoms with Gasteiger partial charge in [-0.1, -0.05) is 121 Å². The predicted molar refractivity (Wildman–Crippen MR) is 488 cm³/mol. The Morgan fingerprint density at radius 1 is 0.321 bits per heavy atom. The maximum atomic E-state index is 11.3. The van der Waals surface area contributed by atoms with Crippen LogP contribution in [0, 0.1) is 43.3 Å². The number of hydrogen-bond donors (Lipinski definition) is 10. The van der Waals surface area contributed by atoms with E-state index < -0.39 is 30.1 Å². The normalized spacial score (nSPS) is 14.9. The summed E-state index contributed by atoms with van der Waals surface area (Å²) in [6, 6.07) is 0. The minimum Gasteiger partial charge on any atom is -0.333 e. The monoisotopic (exact) mass is 1800 g/mol. The fraction of sp³-hybridized carbons (Fsp3) is 0.944. The lowest BCUT2D eigenvalue weighted by Gasteiger charge is -2.25. The maximum Gasteiger partial charge on any atom is 0.265 e. The van der Waals surface area contributed by atoms with E-state index in [1.165, 1.54) is 123 Å². The van der Waals surface area contributed by atoms with Gasteiger partial charge in [0.25, 0.3) is 30.1 Å². The highest BCUT2D eigenvalue weighted by atomic mass is 32.2. The molecule has 0 fully saturated rings. The van der Waals surface area contributed by atoms with E-state index in [-0.39, 0.29) is 68.0 Å². The lowest BCUT2D eigenvalue weighted by atomic mass is 9.84. The van der Waals surface area contributed by atoms with Gasteiger partial charge in [0.15, 0.2) is 11.6 Å². The highest BCUT2D eigenvalue weighted by molar-refractivity contribution is 8.01. The smallest absolute Gasteiger partial charge is 0.265 e. The van der Waals surface area contributed by atoms with Crippen LogP contribution in [0.3, 0.4) is 0 Å². The third kappa shape index (κ3) is 70.4. The predicted octanol–water partition coefficient (Wildman–Crippen LogP) is 17.3. The molecule has 0 aromatic carbocycles. The first kappa shape index (κ1) is 110. The van der Waals surface area contributed by atoms with Gasteiger partial charge in [0, 0.05) is 50.6 Å². The van der Waals surface area contributed by atoms with Crippen LogP contribution in [-0.2, 0) is 44.2 Å². The van der Waals surface area contributed by atoms with Crippen molar-refractivity contribution in [2.24, 2.45) is 65.3 Å². The van der Waals surface area contributed by atoms with Crippen molar-refractivity contribution >= 4 is 124 Å². The molecular weight excluding hydrogens is 1650 g/mol. The highest BCUT2D eigenvalue weighted by Crippen LogP contribution is 2.44. The molecule has 112 heavy (non-hydrogen) atoms. The number of aromatic amines is 2. The third-order valence-electron chi connectivity index (χ3n) is 18.1. The lowest BCUT2D eigenvalue weighted by molar-refractivity contribution is 0.264. The molecule has 0 aliphatic heterocycles. The first-order valence-electron chi connectivity index (χ1n) is 39.9. The van der Waals surface area contributed by atoms with E-state index >= 15 is 0 Å². The summed E-state index contributed by atoms with van der Waals surface area (Å²) in [5.41, 5.74) is 21.3. The van der Waals surface area contributed by atoms with Crippen LogP contribution in [0.1, 0.15) is 251 Å². The van der Waals surface area contributed by atoms with Crippen molar-refractivity contribution in [3.05, 3.63) is 24.3 Å². The van der Waals surface area contributed by atoms with E-state index in [1.54, 1.807) is 12.7 Å². The molecule has 0 bridgehead atoms. The minimum atomic E-state index is -3.43. The zero-order valence-corrected chi connectivity index (χ0v) is 81.4. The zero-order chi connectivity index (χ0) is 84.4. The molecule has 0 radical (unpaired) electrons. The van der Waals surface area contributed by atoms with Gasteiger partial charge in [-0.3, -0.25) is 40.3 Å². The second kappa shape index (κ2) is 57.9. The molecule has 4 unspecified atom stereocenters. The van der Waals surface area contributed by atoms with E-state index in [0.717, 1.165) is 135 Å². The zero-order valence-electron chi connectivity index (χ0n) is 71.3. The Hall–Kier alpha value is -0.320. The SMILES string of the molecule is CC(C)(CCCSCCCSCCCC(C)(C)CP(N)(=O)O)CP(N)(=O)O.CC(C)(CCCSCCCSCCCC(C)(C)CP(N)(=O)O)CP(N)(=O)O.CC(C)(CCCSCCCSCCCC(C)(C)Cc1nn[nH]n1)Cc1nn[nH]n1.CC(C)(CCCSCCCSCCCC(C)(C)Cn1cnnn1)Cn1cnnn1. The maximum absolute atomic E-state index is 11.3. The summed E-state index contributed by atoms with van der Waals surface area (Å²) in [5.74, 6) is 20.5. The summed E-state index contributed by atoms with van der Waals surface area (Å²) in [7, 11) is -13.7. The lowest BCUT2D eigenvalue weighted by Crippen LogP contribution is -2.20. The van der Waals surface area contributed by atoms with Gasteiger partial charge < -0.3 is 19.6 Å². The van der Waals surface area contributed by atoms with Crippen LogP contribution in [0.2, 0.25) is 0 Å². The molecule has 0 aliphatic rings. The van der Waals surface area contributed by atoms with Crippen LogP contribution in [0.5, 0.6) is 0 Å². The largest absolute Gasteiger partial charge is 0.333 e. The Balaban J connectivity index is 0.000000747. The van der Waals surface area contributed by atoms with Crippen molar-refractivity contribution in [2.75, 3.05) is 117 Å². The van der Waals surface area contributed by atoms with Crippen LogP contribution < -0.4 is 22.0 Å². The summed E-state index contributed by atoms with van der Waals surface area (Å²) in [6.45, 7) is 36.1. The van der Waals surface area contributed by atoms with Gasteiger partial charge in [-0.2, -0.15) is 105 Å². The molecular formula is C72H152N20O8P4S8. The second-order valence-electron chi connectivity index (χ2n) is 36.1. The van der Waals surface area contributed by atoms with Gasteiger partial charge in [-0.15, -0.1) is 30.6 Å². The van der Waals surface area contributed by atoms with Crippen molar-refractivity contribution in [3.63, 3.8) is 0 Å². The molecule has 14 N–H and O–H groups in total. The molecule has 4 heterocycles. The number of hydrogen-bond acceptors (Lipinski definition) is 24. The Bertz CT molecular complexity index is 2730. The van der Waals surface area contributed by atoms with Crippen molar-refractivity contribution in [1.82, 2.24) is 81.7 Å². The summed E-state index contributed by atoms with van der Waals surface area (Å²) >= 11 is 16.1. The van der Waals surface area contributed by atoms with Gasteiger partial charge in [0.1, 0.15) is 12.7 Å². The fourth-order valence-electron chi connectivity index (χ4n) is 12.9. The van der Waals surface area contributed by atoms with Crippen LogP contribution in [0.4, 0.5) is 0 Å². The molecule has 4 aromatic heterocycles. The molecule has 4 rings (SSSR count). The van der Waals surface area contributed by atoms with Gasteiger partial charge >= 0.3 is 0 Å². The van der Waals surface area contributed by atoms with E-state index in [4.69, 9.17) is 22.0 Å². The summed E-state index contributed by atoms with van der Waals surface area (Å²) < 4.78 is 49.0. The molecule has 4 aromatic rings. The summed E-state index contributed by atoms with van der Waals surface area (Å²) in [5, 5.41) is 51.4. The first-order chi connectivity index (χ1) is 52.0. The molecule has 40 heteroatoms. The van der Waals surface area contributed by atoms with Gasteiger partial charge in [-0.05, 0) is 285 Å². The number of nitrogens with one attached hydrogen (secondary N) is 2. The number of rotatable bonds is 64. The molecule has 28 nitrogen and oxygen atoms in total. The van der Waals surface area contributed by atoms with E-state index in [0.29, 0.717) is 0 Å². The summed E-state index contributed by atoms with van der Waals surface area (Å²) in [6.07, 6.45) is 28.4. The molecule has 4 atom stereocenters. The minimum absolute atomic E-state index is 0.180. The highest BCUT2D eigenvalue weighted by Gasteiger charge is 2.31. The van der Waals surface area contributed by atoms with Crippen molar-refractivity contribution < 1.29 is 37.8 Å². The standard InChI is InChI=1S/2C19H36N8S2.2C17H40N2O4P2S2/c1-18(2,14-26-16-20-22-24-26)8-5-10-28-12-7-13-29-11-6-9-19(3,4)15-27-17-21-23-25-27;1-18(2,14-16-20-24-25-21-16)8-5-10-28-12-7-13-29-11-6-9-19(3,4)15-17-22-26-27-23-17;2*1-16(2,14-24(18,20)21)8-5-10-26-12-7-13-27-11-6-9-17(3,4)15-25(19,22)23/h16-17H,5-15H2,1-4H3;5-15H2,1-4H3,(H,20,21,24,25)(H,22,23,26,27);2*5-15H2,1-4H3,(H3,18,20,21)(H3,19,22,23). The average molecular weight is 1810 g/mol. The molecule has 0 saturated carbocycles. The van der Waals surface area contributed by atoms with Crippen molar-refractivity contribution in [2.45, 2.75) is 265 Å². The second-order valence-corrected chi connectivity index (χ2v) is 53.2. The quantitative estimate of drug-likeness (QED) is 0.0145. The molecule has 0 aliphatic carbocycles. The van der Waals surface area contributed by atoms with E-state index in [9.17, 15) is 37.8 Å². The molecule has 0 spiro atoms. The van der Waals surface area contributed by atoms with Crippen LogP contribution in [0.25, 0.3) is 0 Å². The van der Waals surface area contributed by atoms with Crippen LogP contribution in [0.15, 0.2) is 12.7 Å². The first-order valence-corrected chi connectivity index (χ1v) is 56.8. The summed E-state index contributed by atoms with van der Waals surface area (Å²) in [4.78, 5) is 37.2. The number of thioether (sulfide) groups is 8. The van der Waals surface area contributed by atoms with Crippen LogP contribution in [-0.4, -0.2) is 218 Å². The topological polar surface area (TPSA) is 449 Å². The van der Waals surface area contributed by atoms with Crippen molar-refractivity contribution in [1.29, 1.82) is 0 Å². The Labute approximate surface area is 709 Å². The fourth-order valence-corrected chi connectivity index (χ4v) is 26.4. The van der Waals surface area contributed by atoms with E-state index in [1.807, 2.05) is 112 Å². The van der Waals surface area contributed by atoms with E-state index in [2.05, 4.69) is 175 Å².